The average Bonchev–Trinajstić information content (AvgIpc) is 2.40. The van der Waals surface area contributed by atoms with Gasteiger partial charge in [-0.25, -0.2) is 0 Å². The highest BCUT2D eigenvalue weighted by atomic mass is 16.2. The van der Waals surface area contributed by atoms with Gasteiger partial charge in [0, 0.05) is 19.2 Å². The van der Waals surface area contributed by atoms with Crippen molar-refractivity contribution < 1.29 is 9.59 Å². The van der Waals surface area contributed by atoms with E-state index in [2.05, 4.69) is 19.2 Å². The van der Waals surface area contributed by atoms with E-state index in [0.717, 1.165) is 23.2 Å². The lowest BCUT2D eigenvalue weighted by Crippen LogP contribution is -2.37. The fourth-order valence-electron chi connectivity index (χ4n) is 2.31. The molecule has 116 valence electrons. The van der Waals surface area contributed by atoms with Crippen molar-refractivity contribution in [1.29, 1.82) is 0 Å². The highest BCUT2D eigenvalue weighted by Gasteiger charge is 2.16. The molecule has 21 heavy (non-hydrogen) atoms. The van der Waals surface area contributed by atoms with E-state index in [4.69, 9.17) is 0 Å². The molecule has 4 heteroatoms. The Morgan fingerprint density at radius 1 is 1.29 bits per heavy atom. The summed E-state index contributed by atoms with van der Waals surface area (Å²) in [6.07, 6.45) is 0.842. The molecular formula is C17H26N2O2. The van der Waals surface area contributed by atoms with Crippen molar-refractivity contribution in [2.24, 2.45) is 0 Å². The first-order chi connectivity index (χ1) is 9.86. The van der Waals surface area contributed by atoms with Crippen molar-refractivity contribution >= 4 is 17.5 Å². The summed E-state index contributed by atoms with van der Waals surface area (Å²) in [6, 6.07) is 6.01. The summed E-state index contributed by atoms with van der Waals surface area (Å²) in [6.45, 7) is 10.4. The zero-order valence-corrected chi connectivity index (χ0v) is 13.7. The zero-order chi connectivity index (χ0) is 16.0. The molecule has 1 aromatic carbocycles. The molecular weight excluding hydrogens is 264 g/mol. The summed E-state index contributed by atoms with van der Waals surface area (Å²) in [4.78, 5) is 25.3. The number of rotatable bonds is 6. The average molecular weight is 290 g/mol. The van der Waals surface area contributed by atoms with Crippen LogP contribution in [-0.4, -0.2) is 29.8 Å². The van der Waals surface area contributed by atoms with Gasteiger partial charge in [-0.3, -0.25) is 9.59 Å². The van der Waals surface area contributed by atoms with Gasteiger partial charge in [0.2, 0.25) is 11.8 Å². The summed E-state index contributed by atoms with van der Waals surface area (Å²) in [7, 11) is 0. The SMILES string of the molecule is CCCN(CC(=O)Nc1c(C)cccc1C(C)C)C(C)=O. The van der Waals surface area contributed by atoms with Crippen molar-refractivity contribution in [3.05, 3.63) is 29.3 Å². The largest absolute Gasteiger partial charge is 0.334 e. The van der Waals surface area contributed by atoms with Crippen LogP contribution in [0.25, 0.3) is 0 Å². The number of benzene rings is 1. The third-order valence-electron chi connectivity index (χ3n) is 3.46. The van der Waals surface area contributed by atoms with E-state index in [-0.39, 0.29) is 18.4 Å². The molecule has 0 radical (unpaired) electrons. The lowest BCUT2D eigenvalue weighted by molar-refractivity contribution is -0.132. The van der Waals surface area contributed by atoms with Gasteiger partial charge in [0.1, 0.15) is 0 Å². The Balaban J connectivity index is 2.86. The molecule has 1 aromatic rings. The van der Waals surface area contributed by atoms with E-state index < -0.39 is 0 Å². The lowest BCUT2D eigenvalue weighted by Gasteiger charge is -2.21. The minimum absolute atomic E-state index is 0.0686. The number of anilines is 1. The van der Waals surface area contributed by atoms with Crippen LogP contribution in [0.15, 0.2) is 18.2 Å². The molecule has 0 aromatic heterocycles. The molecule has 0 aliphatic heterocycles. The van der Waals surface area contributed by atoms with Gasteiger partial charge < -0.3 is 10.2 Å². The molecule has 1 rings (SSSR count). The van der Waals surface area contributed by atoms with Crippen LogP contribution in [0.2, 0.25) is 0 Å². The molecule has 0 atom stereocenters. The van der Waals surface area contributed by atoms with E-state index in [9.17, 15) is 9.59 Å². The first-order valence-corrected chi connectivity index (χ1v) is 7.51. The van der Waals surface area contributed by atoms with Crippen molar-refractivity contribution in [1.82, 2.24) is 4.90 Å². The summed E-state index contributed by atoms with van der Waals surface area (Å²) in [5.74, 6) is 0.121. The van der Waals surface area contributed by atoms with Crippen LogP contribution in [0.5, 0.6) is 0 Å². The lowest BCUT2D eigenvalue weighted by atomic mass is 9.98. The predicted molar refractivity (Wildman–Crippen MR) is 86.4 cm³/mol. The zero-order valence-electron chi connectivity index (χ0n) is 13.7. The molecule has 0 heterocycles. The molecule has 0 unspecified atom stereocenters. The Morgan fingerprint density at radius 2 is 1.95 bits per heavy atom. The third kappa shape index (κ3) is 4.88. The second-order valence-corrected chi connectivity index (χ2v) is 5.68. The number of hydrogen-bond acceptors (Lipinski definition) is 2. The Labute approximate surface area is 127 Å². The minimum atomic E-state index is -0.144. The van der Waals surface area contributed by atoms with Gasteiger partial charge in [-0.05, 0) is 30.4 Å². The van der Waals surface area contributed by atoms with Crippen LogP contribution >= 0.6 is 0 Å². The Kier molecular flexibility index (Phi) is 6.40. The van der Waals surface area contributed by atoms with Gasteiger partial charge in [0.15, 0.2) is 0 Å². The van der Waals surface area contributed by atoms with Gasteiger partial charge in [0.25, 0.3) is 0 Å². The molecule has 0 bridgehead atoms. The molecule has 0 spiro atoms. The summed E-state index contributed by atoms with van der Waals surface area (Å²) in [5, 5.41) is 2.97. The fraction of sp³-hybridized carbons (Fsp3) is 0.529. The highest BCUT2D eigenvalue weighted by molar-refractivity contribution is 5.95. The maximum atomic E-state index is 12.2. The molecule has 0 fully saturated rings. The number of para-hydroxylation sites is 1. The monoisotopic (exact) mass is 290 g/mol. The van der Waals surface area contributed by atoms with Crippen LogP contribution in [0, 0.1) is 6.92 Å². The smallest absolute Gasteiger partial charge is 0.244 e. The van der Waals surface area contributed by atoms with Gasteiger partial charge in [-0.15, -0.1) is 0 Å². The highest BCUT2D eigenvalue weighted by Crippen LogP contribution is 2.27. The molecule has 2 amide bonds. The number of aryl methyl sites for hydroxylation is 1. The van der Waals surface area contributed by atoms with E-state index >= 15 is 0 Å². The van der Waals surface area contributed by atoms with Gasteiger partial charge in [-0.1, -0.05) is 39.0 Å². The summed E-state index contributed by atoms with van der Waals surface area (Å²) in [5.41, 5.74) is 3.03. The summed E-state index contributed by atoms with van der Waals surface area (Å²) < 4.78 is 0. The molecule has 1 N–H and O–H groups in total. The fourth-order valence-corrected chi connectivity index (χ4v) is 2.31. The van der Waals surface area contributed by atoms with Crippen molar-refractivity contribution in [3.8, 4) is 0 Å². The van der Waals surface area contributed by atoms with E-state index in [1.807, 2.05) is 32.0 Å². The van der Waals surface area contributed by atoms with Crippen LogP contribution in [-0.2, 0) is 9.59 Å². The van der Waals surface area contributed by atoms with Gasteiger partial charge in [-0.2, -0.15) is 0 Å². The molecule has 0 saturated carbocycles. The number of carbonyl (C=O) groups excluding carboxylic acids is 2. The predicted octanol–water partition coefficient (Wildman–Crippen LogP) is 3.32. The van der Waals surface area contributed by atoms with Crippen LogP contribution in [0.1, 0.15) is 51.2 Å². The van der Waals surface area contributed by atoms with Gasteiger partial charge in [0.05, 0.1) is 6.54 Å². The summed E-state index contributed by atoms with van der Waals surface area (Å²) >= 11 is 0. The first-order valence-electron chi connectivity index (χ1n) is 7.51. The molecule has 4 nitrogen and oxygen atoms in total. The first kappa shape index (κ1) is 17.2. The number of nitrogens with one attached hydrogen (secondary N) is 1. The second kappa shape index (κ2) is 7.81. The molecule has 0 aliphatic carbocycles. The standard InChI is InChI=1S/C17H26N2O2/c1-6-10-19(14(5)20)11-16(21)18-17-13(4)8-7-9-15(17)12(2)3/h7-9,12H,6,10-11H2,1-5H3,(H,18,21). The Morgan fingerprint density at radius 3 is 2.48 bits per heavy atom. The van der Waals surface area contributed by atoms with Crippen molar-refractivity contribution in [3.63, 3.8) is 0 Å². The number of carbonyl (C=O) groups is 2. The Hall–Kier alpha value is -1.84. The topological polar surface area (TPSA) is 49.4 Å². The van der Waals surface area contributed by atoms with Gasteiger partial charge >= 0.3 is 0 Å². The second-order valence-electron chi connectivity index (χ2n) is 5.68. The number of nitrogens with zero attached hydrogens (tertiary/aromatic N) is 1. The third-order valence-corrected chi connectivity index (χ3v) is 3.46. The van der Waals surface area contributed by atoms with E-state index in [1.165, 1.54) is 6.92 Å². The van der Waals surface area contributed by atoms with Crippen LogP contribution in [0.3, 0.4) is 0 Å². The maximum Gasteiger partial charge on any atom is 0.244 e. The van der Waals surface area contributed by atoms with Crippen molar-refractivity contribution in [2.75, 3.05) is 18.4 Å². The quantitative estimate of drug-likeness (QED) is 0.873. The van der Waals surface area contributed by atoms with Crippen LogP contribution in [0.4, 0.5) is 5.69 Å². The normalized spacial score (nSPS) is 10.6. The molecule has 0 saturated heterocycles. The van der Waals surface area contributed by atoms with E-state index in [0.29, 0.717) is 12.5 Å². The number of amides is 2. The van der Waals surface area contributed by atoms with Crippen molar-refractivity contribution in [2.45, 2.75) is 47.0 Å². The van der Waals surface area contributed by atoms with Crippen LogP contribution < -0.4 is 5.32 Å². The maximum absolute atomic E-state index is 12.2. The molecule has 0 aliphatic rings. The van der Waals surface area contributed by atoms with E-state index in [1.54, 1.807) is 4.90 Å². The number of hydrogen-bond donors (Lipinski definition) is 1. The minimum Gasteiger partial charge on any atom is -0.334 e. The Bertz CT molecular complexity index is 510.